The molecule has 0 radical (unpaired) electrons. The van der Waals surface area contributed by atoms with Crippen LogP contribution in [-0.4, -0.2) is 34.0 Å². The molecule has 25 heavy (non-hydrogen) atoms. The molecule has 4 nitrogen and oxygen atoms in total. The molecule has 1 saturated heterocycles. The van der Waals surface area contributed by atoms with Crippen LogP contribution < -0.4 is 0 Å². The first-order valence-corrected chi connectivity index (χ1v) is 8.64. The summed E-state index contributed by atoms with van der Waals surface area (Å²) in [6.07, 6.45) is 6.72. The lowest BCUT2D eigenvalue weighted by Gasteiger charge is -2.31. The van der Waals surface area contributed by atoms with Crippen LogP contribution in [0.1, 0.15) is 28.8 Å². The molecule has 4 heteroatoms. The van der Waals surface area contributed by atoms with Crippen LogP contribution in [0.15, 0.2) is 60.8 Å². The summed E-state index contributed by atoms with van der Waals surface area (Å²) in [5, 5.41) is 18.8. The Morgan fingerprint density at radius 2 is 1.76 bits per heavy atom. The van der Waals surface area contributed by atoms with Gasteiger partial charge >= 0.3 is 0 Å². The summed E-state index contributed by atoms with van der Waals surface area (Å²) in [7, 11) is 0. The van der Waals surface area contributed by atoms with E-state index in [0.717, 1.165) is 32.4 Å². The molecule has 0 spiro atoms. The first-order valence-electron chi connectivity index (χ1n) is 8.64. The number of likely N-dealkylation sites (tertiary alicyclic amines) is 1. The Bertz CT molecular complexity index is 747. The van der Waals surface area contributed by atoms with Crippen LogP contribution in [0.5, 0.6) is 11.5 Å². The molecule has 0 aliphatic carbocycles. The highest BCUT2D eigenvalue weighted by atomic mass is 16.3. The van der Waals surface area contributed by atoms with Crippen LogP contribution >= 0.6 is 0 Å². The number of phenols is 2. The summed E-state index contributed by atoms with van der Waals surface area (Å²) in [6, 6.07) is 14.7. The van der Waals surface area contributed by atoms with Crippen molar-refractivity contribution in [2.45, 2.75) is 19.3 Å². The van der Waals surface area contributed by atoms with Gasteiger partial charge in [-0.2, -0.15) is 0 Å². The number of hydrogen-bond donors (Lipinski definition) is 2. The van der Waals surface area contributed by atoms with Crippen molar-refractivity contribution in [3.05, 3.63) is 71.9 Å². The van der Waals surface area contributed by atoms with Crippen molar-refractivity contribution < 1.29 is 15.0 Å². The van der Waals surface area contributed by atoms with Gasteiger partial charge in [0.2, 0.25) is 0 Å². The standard InChI is InChI=1S/C21H23NO3/c23-19(18-6-7-20(24)21(25)15-18)10-13-22-11-8-17(9-12-22)14-16-4-2-1-3-5-16/h1-7,10,13,15,17,24-25H,8-9,11-12,14H2/b13-10+. The Morgan fingerprint density at radius 3 is 2.44 bits per heavy atom. The number of phenolic OH excluding ortho intramolecular Hbond substituents is 2. The molecule has 130 valence electrons. The van der Waals surface area contributed by atoms with Gasteiger partial charge in [0, 0.05) is 30.9 Å². The van der Waals surface area contributed by atoms with E-state index in [9.17, 15) is 15.0 Å². The molecular formula is C21H23NO3. The maximum Gasteiger partial charge on any atom is 0.187 e. The lowest BCUT2D eigenvalue weighted by molar-refractivity contribution is 0.104. The number of carbonyl (C=O) groups is 1. The van der Waals surface area contributed by atoms with E-state index in [0.29, 0.717) is 11.5 Å². The van der Waals surface area contributed by atoms with E-state index in [2.05, 4.69) is 29.2 Å². The van der Waals surface area contributed by atoms with Crippen LogP contribution in [0.2, 0.25) is 0 Å². The lowest BCUT2D eigenvalue weighted by atomic mass is 9.90. The number of carbonyl (C=O) groups excluding carboxylic acids is 1. The number of ketones is 1. The molecule has 0 bridgehead atoms. The van der Waals surface area contributed by atoms with Crippen LogP contribution in [0, 0.1) is 5.92 Å². The van der Waals surface area contributed by atoms with Crippen molar-refractivity contribution in [1.82, 2.24) is 4.90 Å². The summed E-state index contributed by atoms with van der Waals surface area (Å²) in [5.41, 5.74) is 1.75. The Morgan fingerprint density at radius 1 is 1.04 bits per heavy atom. The third-order valence-corrected chi connectivity index (χ3v) is 4.71. The molecule has 2 aromatic rings. The molecule has 0 aromatic heterocycles. The summed E-state index contributed by atoms with van der Waals surface area (Å²) < 4.78 is 0. The summed E-state index contributed by atoms with van der Waals surface area (Å²) in [4.78, 5) is 14.3. The van der Waals surface area contributed by atoms with Crippen LogP contribution in [-0.2, 0) is 6.42 Å². The van der Waals surface area contributed by atoms with Gasteiger partial charge in [-0.25, -0.2) is 0 Å². The highest BCUT2D eigenvalue weighted by molar-refractivity contribution is 6.04. The Hall–Kier alpha value is -2.75. The monoisotopic (exact) mass is 337 g/mol. The molecule has 2 N–H and O–H groups in total. The number of rotatable bonds is 5. The summed E-state index contributed by atoms with van der Waals surface area (Å²) in [5.74, 6) is 0.0144. The second-order valence-corrected chi connectivity index (χ2v) is 6.55. The number of aromatic hydroxyl groups is 2. The van der Waals surface area contributed by atoms with Crippen molar-refractivity contribution in [1.29, 1.82) is 0 Å². The predicted octanol–water partition coefficient (Wildman–Crippen LogP) is 3.75. The van der Waals surface area contributed by atoms with E-state index in [1.54, 1.807) is 0 Å². The normalized spacial score (nSPS) is 15.6. The molecule has 0 saturated carbocycles. The van der Waals surface area contributed by atoms with Crippen LogP contribution in [0.4, 0.5) is 0 Å². The van der Waals surface area contributed by atoms with Crippen molar-refractivity contribution in [2.24, 2.45) is 5.92 Å². The van der Waals surface area contributed by atoms with Gasteiger partial charge in [-0.1, -0.05) is 30.3 Å². The summed E-state index contributed by atoms with van der Waals surface area (Å²) in [6.45, 7) is 1.89. The zero-order valence-corrected chi connectivity index (χ0v) is 14.1. The predicted molar refractivity (Wildman–Crippen MR) is 97.7 cm³/mol. The van der Waals surface area contributed by atoms with Crippen molar-refractivity contribution >= 4 is 5.78 Å². The van der Waals surface area contributed by atoms with Gasteiger partial charge in [0.15, 0.2) is 17.3 Å². The quantitative estimate of drug-likeness (QED) is 0.496. The fourth-order valence-corrected chi connectivity index (χ4v) is 3.20. The van der Waals surface area contributed by atoms with Crippen molar-refractivity contribution in [2.75, 3.05) is 13.1 Å². The smallest absolute Gasteiger partial charge is 0.187 e. The molecule has 3 rings (SSSR count). The fraction of sp³-hybridized carbons (Fsp3) is 0.286. The van der Waals surface area contributed by atoms with Crippen LogP contribution in [0.3, 0.4) is 0 Å². The highest BCUT2D eigenvalue weighted by Crippen LogP contribution is 2.25. The third kappa shape index (κ3) is 4.63. The molecular weight excluding hydrogens is 314 g/mol. The fourth-order valence-electron chi connectivity index (χ4n) is 3.20. The maximum atomic E-state index is 12.2. The van der Waals surface area contributed by atoms with E-state index in [-0.39, 0.29) is 17.3 Å². The minimum atomic E-state index is -0.277. The summed E-state index contributed by atoms with van der Waals surface area (Å²) >= 11 is 0. The SMILES string of the molecule is O=C(/C=C/N1CCC(Cc2ccccc2)CC1)c1ccc(O)c(O)c1. The van der Waals surface area contributed by atoms with Gasteiger partial charge < -0.3 is 15.1 Å². The van der Waals surface area contributed by atoms with Crippen LogP contribution in [0.25, 0.3) is 0 Å². The molecule has 0 atom stereocenters. The van der Waals surface area contributed by atoms with Gasteiger partial charge in [-0.3, -0.25) is 4.79 Å². The number of nitrogens with zero attached hydrogens (tertiary/aromatic N) is 1. The second kappa shape index (κ2) is 7.88. The average molecular weight is 337 g/mol. The first kappa shape index (κ1) is 17.1. The maximum absolute atomic E-state index is 12.2. The second-order valence-electron chi connectivity index (χ2n) is 6.55. The number of benzene rings is 2. The van der Waals surface area contributed by atoms with E-state index in [4.69, 9.17) is 0 Å². The lowest BCUT2D eigenvalue weighted by Crippen LogP contribution is -2.30. The number of hydrogen-bond acceptors (Lipinski definition) is 4. The molecule has 1 aliphatic rings. The Balaban J connectivity index is 1.50. The van der Waals surface area contributed by atoms with Gasteiger partial charge in [0.25, 0.3) is 0 Å². The number of allylic oxidation sites excluding steroid dienone is 1. The zero-order valence-electron chi connectivity index (χ0n) is 14.1. The number of piperidine rings is 1. The van der Waals surface area contributed by atoms with E-state index in [1.165, 1.54) is 29.8 Å². The van der Waals surface area contributed by atoms with E-state index < -0.39 is 0 Å². The largest absolute Gasteiger partial charge is 0.504 e. The molecule has 1 heterocycles. The zero-order chi connectivity index (χ0) is 17.6. The van der Waals surface area contributed by atoms with Gasteiger partial charge in [0.1, 0.15) is 0 Å². The molecule has 1 fully saturated rings. The van der Waals surface area contributed by atoms with E-state index >= 15 is 0 Å². The van der Waals surface area contributed by atoms with Gasteiger partial charge in [-0.15, -0.1) is 0 Å². The molecule has 0 amide bonds. The van der Waals surface area contributed by atoms with Gasteiger partial charge in [0.05, 0.1) is 0 Å². The minimum absolute atomic E-state index is 0.179. The average Bonchev–Trinajstić information content (AvgIpc) is 2.64. The Labute approximate surface area is 148 Å². The molecule has 0 unspecified atom stereocenters. The molecule has 2 aromatic carbocycles. The first-order chi connectivity index (χ1) is 12.1. The van der Waals surface area contributed by atoms with Gasteiger partial charge in [-0.05, 0) is 48.9 Å². The van der Waals surface area contributed by atoms with Crippen molar-refractivity contribution in [3.8, 4) is 11.5 Å². The molecule has 1 aliphatic heterocycles. The van der Waals surface area contributed by atoms with E-state index in [1.807, 2.05) is 12.3 Å². The minimum Gasteiger partial charge on any atom is -0.504 e. The topological polar surface area (TPSA) is 60.8 Å². The highest BCUT2D eigenvalue weighted by Gasteiger charge is 2.17. The third-order valence-electron chi connectivity index (χ3n) is 4.71. The van der Waals surface area contributed by atoms with Crippen molar-refractivity contribution in [3.63, 3.8) is 0 Å². The Kier molecular flexibility index (Phi) is 5.39.